The first-order valence-electron chi connectivity index (χ1n) is 10.2. The molecule has 4 rings (SSSR count). The largest absolute Gasteiger partial charge is 0.493 e. The van der Waals surface area contributed by atoms with E-state index in [2.05, 4.69) is 16.3 Å². The summed E-state index contributed by atoms with van der Waals surface area (Å²) in [4.78, 5) is 11.9. The summed E-state index contributed by atoms with van der Waals surface area (Å²) in [6, 6.07) is 12.4. The zero-order valence-electron chi connectivity index (χ0n) is 19.0. The van der Waals surface area contributed by atoms with Crippen LogP contribution in [0.25, 0.3) is 11.3 Å². The number of nitrogens with zero attached hydrogens (tertiary/aromatic N) is 2. The molecule has 0 saturated carbocycles. The highest BCUT2D eigenvalue weighted by Crippen LogP contribution is 2.48. The zero-order chi connectivity index (χ0) is 24.4. The summed E-state index contributed by atoms with van der Waals surface area (Å²) >= 11 is 0. The Morgan fingerprint density at radius 1 is 1.09 bits per heavy atom. The third-order valence-electron chi connectivity index (χ3n) is 5.69. The van der Waals surface area contributed by atoms with Crippen molar-refractivity contribution in [3.8, 4) is 40.5 Å². The van der Waals surface area contributed by atoms with Crippen molar-refractivity contribution < 1.29 is 28.5 Å². The third kappa shape index (κ3) is 3.67. The van der Waals surface area contributed by atoms with Crippen LogP contribution < -0.4 is 18.9 Å². The van der Waals surface area contributed by atoms with E-state index in [0.29, 0.717) is 45.2 Å². The molecule has 1 aliphatic rings. The van der Waals surface area contributed by atoms with Gasteiger partial charge in [-0.3, -0.25) is 10.5 Å². The standard InChI is InChI=1S/C24H22N4O6/c1-30-16-9-14(10-17(31-2)21(16)32-3)20-19-18(12-5-7-13(8-6-12)24(29)33-4)15(11-25)22(26)34-23(19)28-27-20/h5-10,15,18,26H,1-4H3,(H,27,28). The highest BCUT2D eigenvalue weighted by molar-refractivity contribution is 5.90. The van der Waals surface area contributed by atoms with Gasteiger partial charge in [0.25, 0.3) is 0 Å². The monoisotopic (exact) mass is 462 g/mol. The van der Waals surface area contributed by atoms with Gasteiger partial charge in [0.2, 0.25) is 17.5 Å². The van der Waals surface area contributed by atoms with E-state index in [9.17, 15) is 10.1 Å². The molecule has 1 aliphatic heterocycles. The molecule has 2 heterocycles. The second-order valence-electron chi connectivity index (χ2n) is 7.40. The van der Waals surface area contributed by atoms with Crippen molar-refractivity contribution in [2.24, 2.45) is 5.92 Å². The number of nitrogens with one attached hydrogen (secondary N) is 2. The Hall–Kier alpha value is -4.52. The summed E-state index contributed by atoms with van der Waals surface area (Å²) < 4.78 is 26.7. The molecule has 0 aliphatic carbocycles. The molecule has 2 atom stereocenters. The minimum Gasteiger partial charge on any atom is -0.493 e. The van der Waals surface area contributed by atoms with E-state index in [1.165, 1.54) is 28.4 Å². The van der Waals surface area contributed by atoms with Crippen molar-refractivity contribution in [2.75, 3.05) is 28.4 Å². The van der Waals surface area contributed by atoms with E-state index in [4.69, 9.17) is 29.1 Å². The van der Waals surface area contributed by atoms with E-state index < -0.39 is 17.8 Å². The van der Waals surface area contributed by atoms with Gasteiger partial charge in [-0.2, -0.15) is 5.26 Å². The first-order chi connectivity index (χ1) is 16.5. The lowest BCUT2D eigenvalue weighted by atomic mass is 9.78. The lowest BCUT2D eigenvalue weighted by molar-refractivity contribution is 0.0600. The number of methoxy groups -OCH3 is 4. The number of aromatic amines is 1. The fraction of sp³-hybridized carbons (Fsp3) is 0.250. The van der Waals surface area contributed by atoms with E-state index in [0.717, 1.165) is 0 Å². The number of H-pyrrole nitrogens is 1. The second-order valence-corrected chi connectivity index (χ2v) is 7.40. The first kappa shape index (κ1) is 22.7. The van der Waals surface area contributed by atoms with Gasteiger partial charge in [0.15, 0.2) is 11.5 Å². The van der Waals surface area contributed by atoms with Crippen LogP contribution in [0.15, 0.2) is 36.4 Å². The number of esters is 1. The summed E-state index contributed by atoms with van der Waals surface area (Å²) in [5, 5.41) is 25.4. The van der Waals surface area contributed by atoms with E-state index >= 15 is 0 Å². The average molecular weight is 462 g/mol. The topological polar surface area (TPSA) is 140 Å². The van der Waals surface area contributed by atoms with Crippen LogP contribution in [0.1, 0.15) is 27.4 Å². The van der Waals surface area contributed by atoms with Gasteiger partial charge >= 0.3 is 5.97 Å². The number of aromatic nitrogens is 2. The number of ether oxygens (including phenoxy) is 5. The van der Waals surface area contributed by atoms with Crippen molar-refractivity contribution in [2.45, 2.75) is 5.92 Å². The molecule has 34 heavy (non-hydrogen) atoms. The van der Waals surface area contributed by atoms with Gasteiger partial charge < -0.3 is 23.7 Å². The fourth-order valence-electron chi connectivity index (χ4n) is 4.07. The molecule has 10 heteroatoms. The van der Waals surface area contributed by atoms with Crippen molar-refractivity contribution in [1.82, 2.24) is 10.2 Å². The van der Waals surface area contributed by atoms with Gasteiger partial charge in [0.05, 0.1) is 51.3 Å². The number of hydrogen-bond donors (Lipinski definition) is 2. The number of rotatable bonds is 6. The number of benzene rings is 2. The highest BCUT2D eigenvalue weighted by atomic mass is 16.5. The van der Waals surface area contributed by atoms with Crippen molar-refractivity contribution >= 4 is 11.9 Å². The van der Waals surface area contributed by atoms with Crippen LogP contribution in [-0.2, 0) is 4.74 Å². The molecule has 0 bridgehead atoms. The SMILES string of the molecule is COC(=O)c1ccc(C2c3c(n[nH]c3-c3cc(OC)c(OC)c(OC)c3)OC(=N)C2C#N)cc1. The minimum atomic E-state index is -0.908. The number of fused-ring (bicyclic) bond motifs is 1. The van der Waals surface area contributed by atoms with Crippen LogP contribution in [0.4, 0.5) is 0 Å². The van der Waals surface area contributed by atoms with Crippen molar-refractivity contribution in [3.63, 3.8) is 0 Å². The Morgan fingerprint density at radius 3 is 2.26 bits per heavy atom. The van der Waals surface area contributed by atoms with Crippen LogP contribution in [-0.4, -0.2) is 50.5 Å². The molecule has 0 spiro atoms. The summed E-state index contributed by atoms with van der Waals surface area (Å²) in [6.45, 7) is 0. The maximum absolute atomic E-state index is 11.9. The van der Waals surface area contributed by atoms with Gasteiger partial charge in [-0.05, 0) is 29.8 Å². The lowest BCUT2D eigenvalue weighted by Crippen LogP contribution is -2.30. The number of hydrogen-bond acceptors (Lipinski definition) is 9. The Balaban J connectivity index is 1.90. The number of carbonyl (C=O) groups is 1. The molecule has 1 aromatic heterocycles. The normalized spacial score (nSPS) is 16.6. The van der Waals surface area contributed by atoms with Gasteiger partial charge in [0.1, 0.15) is 5.92 Å². The molecular weight excluding hydrogens is 440 g/mol. The lowest BCUT2D eigenvalue weighted by Gasteiger charge is -2.28. The minimum absolute atomic E-state index is 0.197. The van der Waals surface area contributed by atoms with Crippen molar-refractivity contribution in [3.05, 3.63) is 53.1 Å². The van der Waals surface area contributed by atoms with Crippen LogP contribution in [0.2, 0.25) is 0 Å². The van der Waals surface area contributed by atoms with Crippen LogP contribution >= 0.6 is 0 Å². The molecule has 10 nitrogen and oxygen atoms in total. The first-order valence-corrected chi connectivity index (χ1v) is 10.2. The van der Waals surface area contributed by atoms with Gasteiger partial charge in [-0.25, -0.2) is 4.79 Å². The predicted octanol–water partition coefficient (Wildman–Crippen LogP) is 3.53. The third-order valence-corrected chi connectivity index (χ3v) is 5.69. The summed E-state index contributed by atoms with van der Waals surface area (Å²) in [6.07, 6.45) is 0. The molecule has 2 aromatic carbocycles. The van der Waals surface area contributed by atoms with E-state index in [-0.39, 0.29) is 11.8 Å². The predicted molar refractivity (Wildman–Crippen MR) is 121 cm³/mol. The van der Waals surface area contributed by atoms with Crippen LogP contribution in [0, 0.1) is 22.7 Å². The summed E-state index contributed by atoms with van der Waals surface area (Å²) in [7, 11) is 5.86. The Morgan fingerprint density at radius 2 is 1.74 bits per heavy atom. The second kappa shape index (κ2) is 9.15. The highest BCUT2D eigenvalue weighted by Gasteiger charge is 2.41. The molecule has 2 N–H and O–H groups in total. The Labute approximate surface area is 195 Å². The quantitative estimate of drug-likeness (QED) is 0.530. The van der Waals surface area contributed by atoms with E-state index in [1.807, 2.05) is 0 Å². The molecule has 0 fully saturated rings. The van der Waals surface area contributed by atoms with E-state index in [1.54, 1.807) is 36.4 Å². The number of nitriles is 1. The number of carbonyl (C=O) groups excluding carboxylic acids is 1. The van der Waals surface area contributed by atoms with Gasteiger partial charge in [-0.1, -0.05) is 12.1 Å². The van der Waals surface area contributed by atoms with Crippen LogP contribution in [0.5, 0.6) is 23.1 Å². The summed E-state index contributed by atoms with van der Waals surface area (Å²) in [5.74, 6) is -0.644. The molecule has 0 radical (unpaired) electrons. The maximum atomic E-state index is 11.9. The Kier molecular flexibility index (Phi) is 6.10. The molecule has 0 saturated heterocycles. The maximum Gasteiger partial charge on any atom is 0.337 e. The van der Waals surface area contributed by atoms with Gasteiger partial charge in [-0.15, -0.1) is 5.10 Å². The average Bonchev–Trinajstić information content (AvgIpc) is 3.29. The molecule has 2 unspecified atom stereocenters. The Bertz CT molecular complexity index is 1270. The molecule has 174 valence electrons. The smallest absolute Gasteiger partial charge is 0.337 e. The molecule has 0 amide bonds. The summed E-state index contributed by atoms with van der Waals surface area (Å²) in [5.41, 5.74) is 2.92. The van der Waals surface area contributed by atoms with Crippen LogP contribution in [0.3, 0.4) is 0 Å². The fourth-order valence-corrected chi connectivity index (χ4v) is 4.07. The molecular formula is C24H22N4O6. The van der Waals surface area contributed by atoms with Gasteiger partial charge in [0, 0.05) is 11.5 Å². The zero-order valence-corrected chi connectivity index (χ0v) is 19.0. The molecule has 3 aromatic rings. The van der Waals surface area contributed by atoms with Crippen molar-refractivity contribution in [1.29, 1.82) is 10.7 Å².